The van der Waals surface area contributed by atoms with Crippen LogP contribution in [0.5, 0.6) is 5.75 Å². The molecule has 9 heteroatoms. The van der Waals surface area contributed by atoms with E-state index in [1.165, 1.54) is 25.1 Å². The van der Waals surface area contributed by atoms with Crippen LogP contribution in [0.2, 0.25) is 0 Å². The second-order valence-electron chi connectivity index (χ2n) is 6.77. The van der Waals surface area contributed by atoms with E-state index in [1.54, 1.807) is 16.2 Å². The number of amides is 1. The molecule has 1 aromatic heterocycles. The topological polar surface area (TPSA) is 77.4 Å². The molecule has 2 aromatic rings. The van der Waals surface area contributed by atoms with Crippen molar-refractivity contribution >= 4 is 28.7 Å². The second kappa shape index (κ2) is 10.3. The highest BCUT2D eigenvalue weighted by Gasteiger charge is 2.25. The van der Waals surface area contributed by atoms with Crippen molar-refractivity contribution in [1.29, 1.82) is 0 Å². The maximum Gasteiger partial charge on any atom is 0.263 e. The predicted molar refractivity (Wildman–Crippen MR) is 111 cm³/mol. The van der Waals surface area contributed by atoms with Crippen molar-refractivity contribution in [3.63, 3.8) is 0 Å². The Morgan fingerprint density at radius 3 is 2.87 bits per heavy atom. The number of ether oxygens (including phenoxy) is 2. The zero-order valence-corrected chi connectivity index (χ0v) is 17.6. The molecule has 7 nitrogen and oxygen atoms in total. The third kappa shape index (κ3) is 5.87. The maximum atomic E-state index is 13.9. The Kier molecular flexibility index (Phi) is 7.53. The van der Waals surface area contributed by atoms with Crippen LogP contribution in [0.4, 0.5) is 4.39 Å². The Morgan fingerprint density at radius 1 is 1.33 bits per heavy atom. The molecule has 30 heavy (non-hydrogen) atoms. The quantitative estimate of drug-likeness (QED) is 0.362. The Morgan fingerprint density at radius 2 is 2.17 bits per heavy atom. The van der Waals surface area contributed by atoms with Gasteiger partial charge < -0.3 is 19.2 Å². The summed E-state index contributed by atoms with van der Waals surface area (Å²) in [4.78, 5) is 31.5. The lowest BCUT2D eigenvalue weighted by Gasteiger charge is -2.32. The molecule has 1 saturated heterocycles. The highest BCUT2D eigenvalue weighted by atomic mass is 32.1. The first-order valence-electron chi connectivity index (χ1n) is 9.47. The fraction of sp³-hybridized carbons (Fsp3) is 0.381. The normalized spacial score (nSPS) is 17.0. The molecule has 1 aromatic carbocycles. The molecule has 0 spiro atoms. The fourth-order valence-electron chi connectivity index (χ4n) is 2.91. The largest absolute Gasteiger partial charge is 0.491 e. The van der Waals surface area contributed by atoms with Crippen LogP contribution in [0, 0.1) is 5.82 Å². The molecule has 1 aliphatic heterocycles. The van der Waals surface area contributed by atoms with Gasteiger partial charge in [-0.2, -0.15) is 0 Å². The van der Waals surface area contributed by atoms with Gasteiger partial charge in [-0.3, -0.25) is 9.59 Å². The maximum absolute atomic E-state index is 13.9. The van der Waals surface area contributed by atoms with Gasteiger partial charge in [-0.1, -0.05) is 11.2 Å². The van der Waals surface area contributed by atoms with Crippen molar-refractivity contribution in [3.05, 3.63) is 52.0 Å². The lowest BCUT2D eigenvalue weighted by molar-refractivity contribution is -0.144. The summed E-state index contributed by atoms with van der Waals surface area (Å²) in [6.45, 7) is 4.28. The Balaban J connectivity index is 1.46. The van der Waals surface area contributed by atoms with E-state index < -0.39 is 5.82 Å². The molecule has 0 radical (unpaired) electrons. The number of hydrogen-bond donors (Lipinski definition) is 0. The molecule has 1 aliphatic rings. The van der Waals surface area contributed by atoms with E-state index in [0.29, 0.717) is 31.2 Å². The van der Waals surface area contributed by atoms with Crippen LogP contribution < -0.4 is 4.74 Å². The van der Waals surface area contributed by atoms with Gasteiger partial charge in [-0.25, -0.2) is 4.39 Å². The van der Waals surface area contributed by atoms with Gasteiger partial charge in [-0.15, -0.1) is 11.3 Å². The fourth-order valence-corrected chi connectivity index (χ4v) is 3.58. The van der Waals surface area contributed by atoms with Gasteiger partial charge in [0.05, 0.1) is 29.3 Å². The number of thiophene rings is 1. The Bertz CT molecular complexity index is 916. The third-order valence-corrected chi connectivity index (χ3v) is 5.49. The predicted octanol–water partition coefficient (Wildman–Crippen LogP) is 3.14. The molecular formula is C21H23FN2O5S. The Labute approximate surface area is 178 Å². The van der Waals surface area contributed by atoms with Crippen molar-refractivity contribution in [3.8, 4) is 5.75 Å². The van der Waals surface area contributed by atoms with E-state index in [4.69, 9.17) is 14.3 Å². The van der Waals surface area contributed by atoms with Crippen molar-refractivity contribution in [1.82, 2.24) is 4.90 Å². The van der Waals surface area contributed by atoms with E-state index in [-0.39, 0.29) is 36.6 Å². The molecule has 1 amide bonds. The van der Waals surface area contributed by atoms with Crippen LogP contribution in [-0.4, -0.2) is 61.3 Å². The molecule has 0 N–H and O–H groups in total. The SMILES string of the molecule is CC(=O)c1ccc(OCC2CN(C(=O)CON=C(C)c3cccs3)CCO2)cc1F. The highest BCUT2D eigenvalue weighted by molar-refractivity contribution is 7.12. The number of hydrogen-bond acceptors (Lipinski definition) is 7. The number of morpholine rings is 1. The van der Waals surface area contributed by atoms with Crippen LogP contribution in [0.25, 0.3) is 0 Å². The van der Waals surface area contributed by atoms with Crippen LogP contribution in [0.1, 0.15) is 29.1 Å². The number of rotatable bonds is 8. The minimum absolute atomic E-state index is 0.0185. The van der Waals surface area contributed by atoms with Crippen LogP contribution >= 0.6 is 11.3 Å². The summed E-state index contributed by atoms with van der Waals surface area (Å²) in [5, 5.41) is 5.93. The number of ketones is 1. The van der Waals surface area contributed by atoms with Gasteiger partial charge >= 0.3 is 0 Å². The van der Waals surface area contributed by atoms with E-state index in [9.17, 15) is 14.0 Å². The summed E-state index contributed by atoms with van der Waals surface area (Å²) < 4.78 is 25.1. The molecule has 1 atom stereocenters. The average molecular weight is 434 g/mol. The lowest BCUT2D eigenvalue weighted by atomic mass is 10.1. The van der Waals surface area contributed by atoms with E-state index in [0.717, 1.165) is 4.88 Å². The standard InChI is InChI=1S/C21H23FN2O5S/c1-14(20-4-3-9-30-20)23-29-13-21(26)24-7-8-27-17(11-24)12-28-16-5-6-18(15(2)25)19(22)10-16/h3-6,9-10,17H,7-8,11-13H2,1-2H3. The number of carbonyl (C=O) groups is 2. The molecule has 160 valence electrons. The minimum Gasteiger partial charge on any atom is -0.491 e. The van der Waals surface area contributed by atoms with Crippen molar-refractivity contribution in [2.24, 2.45) is 5.16 Å². The number of halogens is 1. The van der Waals surface area contributed by atoms with Gasteiger partial charge in [0.1, 0.15) is 24.3 Å². The molecule has 3 rings (SSSR count). The molecule has 2 heterocycles. The molecular weight excluding hydrogens is 411 g/mol. The molecule has 1 unspecified atom stereocenters. The van der Waals surface area contributed by atoms with E-state index in [1.807, 2.05) is 24.4 Å². The van der Waals surface area contributed by atoms with Crippen molar-refractivity contribution in [2.45, 2.75) is 20.0 Å². The first-order valence-corrected chi connectivity index (χ1v) is 10.3. The number of oxime groups is 1. The Hall–Kier alpha value is -2.78. The zero-order chi connectivity index (χ0) is 21.5. The lowest BCUT2D eigenvalue weighted by Crippen LogP contribution is -2.48. The molecule has 0 aliphatic carbocycles. The smallest absolute Gasteiger partial charge is 0.263 e. The monoisotopic (exact) mass is 434 g/mol. The summed E-state index contributed by atoms with van der Waals surface area (Å²) in [5.74, 6) is -0.868. The van der Waals surface area contributed by atoms with Crippen LogP contribution in [0.15, 0.2) is 40.9 Å². The van der Waals surface area contributed by atoms with E-state index in [2.05, 4.69) is 5.16 Å². The average Bonchev–Trinajstić information content (AvgIpc) is 3.27. The van der Waals surface area contributed by atoms with Crippen molar-refractivity contribution < 1.29 is 28.3 Å². The van der Waals surface area contributed by atoms with Gasteiger partial charge in [0, 0.05) is 12.6 Å². The van der Waals surface area contributed by atoms with Gasteiger partial charge in [0.15, 0.2) is 12.4 Å². The summed E-state index contributed by atoms with van der Waals surface area (Å²) in [7, 11) is 0. The summed E-state index contributed by atoms with van der Waals surface area (Å²) >= 11 is 1.55. The number of carbonyl (C=O) groups excluding carboxylic acids is 2. The van der Waals surface area contributed by atoms with Crippen LogP contribution in [0.3, 0.4) is 0 Å². The van der Waals surface area contributed by atoms with Gasteiger partial charge in [0.25, 0.3) is 5.91 Å². The van der Waals surface area contributed by atoms with Gasteiger partial charge in [0.2, 0.25) is 0 Å². The van der Waals surface area contributed by atoms with Crippen molar-refractivity contribution in [2.75, 3.05) is 32.9 Å². The number of nitrogens with zero attached hydrogens (tertiary/aromatic N) is 2. The number of benzene rings is 1. The molecule has 1 fully saturated rings. The summed E-state index contributed by atoms with van der Waals surface area (Å²) in [5.41, 5.74) is 0.735. The summed E-state index contributed by atoms with van der Waals surface area (Å²) in [6, 6.07) is 7.95. The van der Waals surface area contributed by atoms with E-state index >= 15 is 0 Å². The third-order valence-electron chi connectivity index (χ3n) is 4.51. The second-order valence-corrected chi connectivity index (χ2v) is 7.72. The van der Waals surface area contributed by atoms with Gasteiger partial charge in [-0.05, 0) is 37.4 Å². The number of Topliss-reactive ketones (excluding diaryl/α,β-unsaturated/α-hetero) is 1. The molecule has 0 saturated carbocycles. The first-order chi connectivity index (χ1) is 14.4. The first kappa shape index (κ1) is 21.9. The minimum atomic E-state index is -0.628. The highest BCUT2D eigenvalue weighted by Crippen LogP contribution is 2.18. The van der Waals surface area contributed by atoms with Crippen LogP contribution in [-0.2, 0) is 14.4 Å². The molecule has 0 bridgehead atoms. The summed E-state index contributed by atoms with van der Waals surface area (Å²) in [6.07, 6.45) is -0.352. The zero-order valence-electron chi connectivity index (χ0n) is 16.8.